The Morgan fingerprint density at radius 3 is 2.38 bits per heavy atom. The molecule has 16 heteroatoms. The Labute approximate surface area is 349 Å². The number of carbonyl (C=O) groups excluding carboxylic acids is 3. The van der Waals surface area contributed by atoms with Gasteiger partial charge in [-0.2, -0.15) is 0 Å². The van der Waals surface area contributed by atoms with Gasteiger partial charge < -0.3 is 46.2 Å². The second kappa shape index (κ2) is 19.9. The third-order valence-corrected chi connectivity index (χ3v) is 12.1. The van der Waals surface area contributed by atoms with Crippen LogP contribution in [0.15, 0.2) is 48.7 Å². The Hall–Kier alpha value is -5.16. The van der Waals surface area contributed by atoms with Gasteiger partial charge in [-0.05, 0) is 80.0 Å². The van der Waals surface area contributed by atoms with Gasteiger partial charge in [0.1, 0.15) is 24.5 Å². The summed E-state index contributed by atoms with van der Waals surface area (Å²) < 4.78 is 7.57. The van der Waals surface area contributed by atoms with E-state index in [0.717, 1.165) is 68.2 Å². The summed E-state index contributed by atoms with van der Waals surface area (Å²) in [4.78, 5) is 52.1. The number of aliphatic carboxylic acids is 1. The molecule has 0 radical (unpaired) electrons. The van der Waals surface area contributed by atoms with Crippen molar-refractivity contribution in [2.75, 3.05) is 6.54 Å². The first kappa shape index (κ1) is 44.4. The molecular weight excluding hydrogens is 773 g/mol. The number of hydrogen-bond acceptors (Lipinski definition) is 11. The molecule has 0 unspecified atom stereocenters. The lowest BCUT2D eigenvalue weighted by atomic mass is 9.81. The number of aliphatic hydroxyl groups excluding tert-OH is 3. The summed E-state index contributed by atoms with van der Waals surface area (Å²) in [5.74, 6) is -2.29. The van der Waals surface area contributed by atoms with Gasteiger partial charge in [0.25, 0.3) is 5.91 Å². The third-order valence-electron chi connectivity index (χ3n) is 12.1. The zero-order chi connectivity index (χ0) is 43.0. The molecule has 0 bridgehead atoms. The van der Waals surface area contributed by atoms with Crippen molar-refractivity contribution in [2.24, 2.45) is 5.92 Å². The van der Waals surface area contributed by atoms with Crippen LogP contribution in [0, 0.1) is 19.8 Å². The Morgan fingerprint density at radius 1 is 0.983 bits per heavy atom. The highest BCUT2D eigenvalue weighted by atomic mass is 16.6. The highest BCUT2D eigenvalue weighted by Crippen LogP contribution is 2.36. The molecule has 3 fully saturated rings. The van der Waals surface area contributed by atoms with Crippen molar-refractivity contribution in [2.45, 2.75) is 140 Å². The topological polar surface area (TPSA) is 245 Å². The van der Waals surface area contributed by atoms with Crippen molar-refractivity contribution in [3.8, 4) is 5.75 Å². The lowest BCUT2D eigenvalue weighted by Crippen LogP contribution is -2.67. The molecule has 3 amide bonds. The number of rotatable bonds is 16. The number of nitrogens with one attached hydrogen (secondary N) is 3. The van der Waals surface area contributed by atoms with Crippen LogP contribution in [0.1, 0.15) is 115 Å². The SMILES string of the molecule is Cc1cc(C(=O)NC[C@@H](O)[C@@H](O)[C@@H]2O[C@@](C/C=C/c3cccc(CNC(=O)C4CCCC4)c3)(C(=O)O)C[C@H](O)[C@H]2NC(=O)Cn2cc(C3CCCCC3)nn2)cc(C)c1O. The van der Waals surface area contributed by atoms with E-state index in [4.69, 9.17) is 4.74 Å². The van der Waals surface area contributed by atoms with E-state index in [-0.39, 0.29) is 42.0 Å². The van der Waals surface area contributed by atoms with Crippen molar-refractivity contribution in [1.29, 1.82) is 0 Å². The number of carboxylic acid groups (broad SMARTS) is 1. The van der Waals surface area contributed by atoms with E-state index in [0.29, 0.717) is 17.7 Å². The number of carboxylic acids is 1. The van der Waals surface area contributed by atoms with Crippen molar-refractivity contribution < 1.29 is 49.4 Å². The molecule has 1 aromatic heterocycles. The fraction of sp³-hybridized carbons (Fsp3) is 0.545. The summed E-state index contributed by atoms with van der Waals surface area (Å²) in [5.41, 5.74) is 1.42. The summed E-state index contributed by atoms with van der Waals surface area (Å²) in [5, 5.41) is 71.8. The number of aliphatic hydroxyl groups is 3. The van der Waals surface area contributed by atoms with E-state index in [1.807, 2.05) is 24.3 Å². The Kier molecular flexibility index (Phi) is 14.7. The molecule has 6 atom stereocenters. The second-order valence-electron chi connectivity index (χ2n) is 16.7. The molecule has 1 saturated heterocycles. The van der Waals surface area contributed by atoms with Crippen LogP contribution in [0.3, 0.4) is 0 Å². The minimum absolute atomic E-state index is 0.0354. The summed E-state index contributed by atoms with van der Waals surface area (Å²) in [6.07, 6.45) is 6.59. The molecule has 1 aliphatic heterocycles. The standard InChI is InChI=1S/C44H58N6O10/c1-26-18-32(19-27(2)38(26)54)42(57)46-23-35(52)39(55)40-37(47-36(53)25-50-24-33(48-49-50)30-13-4-3-5-14-30)34(51)21-44(60-40,43(58)59)17-9-12-28-10-8-11-29(20-28)22-45-41(56)31-15-6-7-16-31/h8-12,18-20,24,30-31,34-35,37,39-40,51-52,54-55H,3-7,13-17,21-23,25H2,1-2H3,(H,45,56)(H,46,57)(H,47,53)(H,58,59)/b12-9+/t34-,35+,37+,39+,40+,44+/m0/s1. The first-order chi connectivity index (χ1) is 28.7. The molecule has 6 rings (SSSR count). The minimum Gasteiger partial charge on any atom is -0.507 e. The van der Waals surface area contributed by atoms with Gasteiger partial charge in [-0.3, -0.25) is 14.4 Å². The Bertz CT molecular complexity index is 2000. The number of amides is 3. The molecule has 60 heavy (non-hydrogen) atoms. The molecule has 2 heterocycles. The van der Waals surface area contributed by atoms with Crippen LogP contribution >= 0.6 is 0 Å². The summed E-state index contributed by atoms with van der Waals surface area (Å²) >= 11 is 0. The van der Waals surface area contributed by atoms with E-state index in [1.54, 1.807) is 32.2 Å². The van der Waals surface area contributed by atoms with E-state index in [2.05, 4.69) is 26.3 Å². The highest BCUT2D eigenvalue weighted by Gasteiger charge is 2.54. The van der Waals surface area contributed by atoms with Gasteiger partial charge in [-0.1, -0.05) is 67.7 Å². The maximum absolute atomic E-state index is 13.5. The molecule has 8 N–H and O–H groups in total. The van der Waals surface area contributed by atoms with E-state index < -0.39 is 66.8 Å². The predicted molar refractivity (Wildman–Crippen MR) is 219 cm³/mol. The molecular formula is C44H58N6O10. The first-order valence-electron chi connectivity index (χ1n) is 21.0. The number of phenols is 1. The number of hydrogen-bond donors (Lipinski definition) is 8. The van der Waals surface area contributed by atoms with Gasteiger partial charge in [-0.15, -0.1) is 5.10 Å². The quantitative estimate of drug-likeness (QED) is 0.104. The molecule has 0 spiro atoms. The molecule has 3 aromatic rings. The minimum atomic E-state index is -2.10. The van der Waals surface area contributed by atoms with Crippen molar-refractivity contribution in [3.63, 3.8) is 0 Å². The molecule has 2 saturated carbocycles. The first-order valence-corrected chi connectivity index (χ1v) is 21.0. The van der Waals surface area contributed by atoms with Crippen molar-refractivity contribution in [3.05, 3.63) is 82.2 Å². The van der Waals surface area contributed by atoms with Gasteiger partial charge in [-0.25, -0.2) is 9.48 Å². The molecule has 2 aliphatic carbocycles. The van der Waals surface area contributed by atoms with Crippen LogP contribution in [0.5, 0.6) is 5.75 Å². The summed E-state index contributed by atoms with van der Waals surface area (Å²) in [6, 6.07) is 8.95. The van der Waals surface area contributed by atoms with Crippen LogP contribution in [0.2, 0.25) is 0 Å². The largest absolute Gasteiger partial charge is 0.507 e. The maximum atomic E-state index is 13.5. The number of aryl methyl sites for hydroxylation is 2. The fourth-order valence-electron chi connectivity index (χ4n) is 8.68. The van der Waals surface area contributed by atoms with Gasteiger partial charge in [0, 0.05) is 49.5 Å². The van der Waals surface area contributed by atoms with Crippen molar-refractivity contribution in [1.82, 2.24) is 30.9 Å². The summed E-state index contributed by atoms with van der Waals surface area (Å²) in [7, 11) is 0. The molecule has 16 nitrogen and oxygen atoms in total. The van der Waals surface area contributed by atoms with Gasteiger partial charge in [0.2, 0.25) is 11.8 Å². The van der Waals surface area contributed by atoms with Crippen LogP contribution in [-0.4, -0.2) is 107 Å². The van der Waals surface area contributed by atoms with E-state index in [1.165, 1.54) is 23.2 Å². The lowest BCUT2D eigenvalue weighted by molar-refractivity contribution is -0.226. The predicted octanol–water partition coefficient (Wildman–Crippen LogP) is 3.17. The number of carbonyl (C=O) groups is 4. The molecule has 3 aliphatic rings. The van der Waals surface area contributed by atoms with Crippen molar-refractivity contribution >= 4 is 29.8 Å². The highest BCUT2D eigenvalue weighted by molar-refractivity contribution is 5.95. The average Bonchev–Trinajstić information content (AvgIpc) is 3.95. The van der Waals surface area contributed by atoms with Gasteiger partial charge in [0.15, 0.2) is 5.60 Å². The maximum Gasteiger partial charge on any atom is 0.336 e. The number of aromatic hydroxyl groups is 1. The second-order valence-corrected chi connectivity index (χ2v) is 16.7. The van der Waals surface area contributed by atoms with Crippen LogP contribution in [0.4, 0.5) is 0 Å². The monoisotopic (exact) mass is 830 g/mol. The zero-order valence-electron chi connectivity index (χ0n) is 34.3. The number of benzene rings is 2. The van der Waals surface area contributed by atoms with Crippen LogP contribution in [0.25, 0.3) is 6.08 Å². The normalized spacial score (nSPS) is 23.6. The average molecular weight is 831 g/mol. The van der Waals surface area contributed by atoms with E-state index >= 15 is 0 Å². The van der Waals surface area contributed by atoms with Gasteiger partial charge >= 0.3 is 5.97 Å². The van der Waals surface area contributed by atoms with E-state index in [9.17, 15) is 44.7 Å². The Morgan fingerprint density at radius 2 is 1.68 bits per heavy atom. The number of aromatic nitrogens is 3. The Balaban J connectivity index is 1.17. The summed E-state index contributed by atoms with van der Waals surface area (Å²) in [6.45, 7) is 2.82. The zero-order valence-corrected chi connectivity index (χ0v) is 34.3. The number of nitrogens with zero attached hydrogens (tertiary/aromatic N) is 3. The molecule has 2 aromatic carbocycles. The number of phenolic OH excluding ortho intramolecular Hbond substituents is 1. The van der Waals surface area contributed by atoms with Gasteiger partial charge in [0.05, 0.1) is 23.9 Å². The molecule has 324 valence electrons. The third kappa shape index (κ3) is 11.0. The fourth-order valence-corrected chi connectivity index (χ4v) is 8.68. The van der Waals surface area contributed by atoms with Crippen LogP contribution in [-0.2, 0) is 32.2 Å². The smallest absolute Gasteiger partial charge is 0.336 e. The van der Waals surface area contributed by atoms with Crippen LogP contribution < -0.4 is 16.0 Å². The number of ether oxygens (including phenoxy) is 1. The lowest BCUT2D eigenvalue weighted by Gasteiger charge is -2.47.